The molecular formula is C21H21F4NO6. The summed E-state index contributed by atoms with van der Waals surface area (Å²) in [5.41, 5.74) is -0.533. The Labute approximate surface area is 180 Å². The lowest BCUT2D eigenvalue weighted by Crippen LogP contribution is -2.58. The Balaban J connectivity index is 1.96. The lowest BCUT2D eigenvalue weighted by Gasteiger charge is -2.38. The van der Waals surface area contributed by atoms with Crippen LogP contribution in [0, 0.1) is 0 Å². The van der Waals surface area contributed by atoms with Gasteiger partial charge in [0.05, 0.1) is 12.2 Å². The van der Waals surface area contributed by atoms with Gasteiger partial charge in [-0.1, -0.05) is 18.2 Å². The van der Waals surface area contributed by atoms with Crippen LogP contribution in [0.15, 0.2) is 42.5 Å². The van der Waals surface area contributed by atoms with E-state index in [-0.39, 0.29) is 11.1 Å². The van der Waals surface area contributed by atoms with Gasteiger partial charge >= 0.3 is 6.18 Å². The Morgan fingerprint density at radius 2 is 1.81 bits per heavy atom. The fourth-order valence-corrected chi connectivity index (χ4v) is 3.28. The van der Waals surface area contributed by atoms with Crippen LogP contribution < -0.4 is 10.1 Å². The smallest absolute Gasteiger partial charge is 0.419 e. The van der Waals surface area contributed by atoms with Crippen molar-refractivity contribution in [3.8, 4) is 16.9 Å². The highest BCUT2D eigenvalue weighted by molar-refractivity contribution is 5.95. The number of rotatable bonds is 5. The second-order valence-corrected chi connectivity index (χ2v) is 7.14. The zero-order chi connectivity index (χ0) is 23.6. The third-order valence-electron chi connectivity index (χ3n) is 5.02. The van der Waals surface area contributed by atoms with Crippen molar-refractivity contribution in [2.75, 3.05) is 13.7 Å². The van der Waals surface area contributed by atoms with E-state index < -0.39 is 60.8 Å². The number of ether oxygens (including phenoxy) is 2. The van der Waals surface area contributed by atoms with Crippen LogP contribution in [-0.4, -0.2) is 65.7 Å². The highest BCUT2D eigenvalue weighted by Crippen LogP contribution is 2.40. The van der Waals surface area contributed by atoms with Gasteiger partial charge in [-0.05, 0) is 35.4 Å². The van der Waals surface area contributed by atoms with E-state index in [1.165, 1.54) is 37.4 Å². The molecule has 1 heterocycles. The molecule has 32 heavy (non-hydrogen) atoms. The quantitative estimate of drug-likeness (QED) is 0.509. The van der Waals surface area contributed by atoms with Crippen LogP contribution >= 0.6 is 0 Å². The molecule has 1 fully saturated rings. The maximum absolute atomic E-state index is 14.4. The zero-order valence-corrected chi connectivity index (χ0v) is 16.7. The topological polar surface area (TPSA) is 108 Å². The van der Waals surface area contributed by atoms with Crippen molar-refractivity contribution in [1.29, 1.82) is 0 Å². The molecule has 1 amide bonds. The molecule has 4 N–H and O–H groups in total. The molecule has 5 atom stereocenters. The minimum Gasteiger partial charge on any atom is -0.461 e. The molecule has 0 spiro atoms. The Hall–Kier alpha value is -2.73. The van der Waals surface area contributed by atoms with E-state index in [0.717, 1.165) is 12.1 Å². The van der Waals surface area contributed by atoms with Gasteiger partial charge in [0.25, 0.3) is 5.91 Å². The minimum atomic E-state index is -4.89. The summed E-state index contributed by atoms with van der Waals surface area (Å²) in [5.74, 6) is -1.18. The molecule has 0 saturated carbocycles. The van der Waals surface area contributed by atoms with Crippen molar-refractivity contribution in [3.63, 3.8) is 0 Å². The molecule has 2 aromatic carbocycles. The highest BCUT2D eigenvalue weighted by atomic mass is 19.4. The molecule has 0 aromatic heterocycles. The molecule has 2 unspecified atom stereocenters. The van der Waals surface area contributed by atoms with Crippen molar-refractivity contribution in [3.05, 3.63) is 53.6 Å². The van der Waals surface area contributed by atoms with E-state index >= 15 is 0 Å². The third-order valence-corrected chi connectivity index (χ3v) is 5.02. The second-order valence-electron chi connectivity index (χ2n) is 7.14. The summed E-state index contributed by atoms with van der Waals surface area (Å²) in [6.07, 6.45) is -14.5. The largest absolute Gasteiger partial charge is 0.461 e. The number of aliphatic hydroxyl groups is 3. The van der Waals surface area contributed by atoms with Crippen LogP contribution in [0.1, 0.15) is 15.9 Å². The van der Waals surface area contributed by atoms with Gasteiger partial charge in [0.1, 0.15) is 24.1 Å². The predicted octanol–water partition coefficient (Wildman–Crippen LogP) is 1.89. The minimum absolute atomic E-state index is 0.125. The number of hydrogen-bond donors (Lipinski definition) is 4. The summed E-state index contributed by atoms with van der Waals surface area (Å²) < 4.78 is 65.6. The van der Waals surface area contributed by atoms with Crippen LogP contribution in [0.5, 0.6) is 5.75 Å². The van der Waals surface area contributed by atoms with E-state index in [2.05, 4.69) is 5.32 Å². The van der Waals surface area contributed by atoms with Crippen molar-refractivity contribution >= 4 is 5.91 Å². The highest BCUT2D eigenvalue weighted by Gasteiger charge is 2.47. The van der Waals surface area contributed by atoms with E-state index in [9.17, 15) is 37.7 Å². The average molecular weight is 459 g/mol. The molecule has 3 rings (SSSR count). The van der Waals surface area contributed by atoms with E-state index in [4.69, 9.17) is 9.47 Å². The normalized spacial score (nSPS) is 25.9. The van der Waals surface area contributed by atoms with Gasteiger partial charge in [0, 0.05) is 12.6 Å². The number of halogens is 4. The molecule has 1 aliphatic rings. The molecule has 7 nitrogen and oxygen atoms in total. The molecule has 0 radical (unpaired) electrons. The van der Waals surface area contributed by atoms with Gasteiger partial charge in [0.15, 0.2) is 6.17 Å². The first kappa shape index (κ1) is 23.9. The number of amides is 1. The number of nitrogens with one attached hydrogen (secondary N) is 1. The number of carbonyl (C=O) groups excluding carboxylic acids is 1. The lowest BCUT2D eigenvalue weighted by atomic mass is 9.99. The first-order chi connectivity index (χ1) is 15.1. The Kier molecular flexibility index (Phi) is 7.03. The van der Waals surface area contributed by atoms with Gasteiger partial charge in [-0.25, -0.2) is 4.39 Å². The number of hydrogen-bond acceptors (Lipinski definition) is 6. The van der Waals surface area contributed by atoms with Gasteiger partial charge in [-0.15, -0.1) is 0 Å². The number of carbonyl (C=O) groups is 1. The molecular weight excluding hydrogens is 438 g/mol. The molecule has 11 heteroatoms. The van der Waals surface area contributed by atoms with E-state index in [1.807, 2.05) is 0 Å². The van der Waals surface area contributed by atoms with Gasteiger partial charge in [-0.2, -0.15) is 13.2 Å². The maximum Gasteiger partial charge on any atom is 0.419 e. The van der Waals surface area contributed by atoms with Gasteiger partial charge in [0.2, 0.25) is 6.29 Å². The van der Waals surface area contributed by atoms with E-state index in [0.29, 0.717) is 5.56 Å². The first-order valence-corrected chi connectivity index (χ1v) is 9.53. The van der Waals surface area contributed by atoms with Crippen LogP contribution in [0.4, 0.5) is 17.6 Å². The Morgan fingerprint density at radius 1 is 1.12 bits per heavy atom. The monoisotopic (exact) mass is 459 g/mol. The summed E-state index contributed by atoms with van der Waals surface area (Å²) >= 11 is 0. The molecule has 174 valence electrons. The third kappa shape index (κ3) is 4.85. The van der Waals surface area contributed by atoms with Crippen molar-refractivity contribution in [2.45, 2.75) is 36.9 Å². The number of benzene rings is 2. The fourth-order valence-electron chi connectivity index (χ4n) is 3.28. The van der Waals surface area contributed by atoms with Gasteiger partial charge in [-0.3, -0.25) is 4.79 Å². The Bertz CT molecular complexity index is 968. The summed E-state index contributed by atoms with van der Waals surface area (Å²) in [5, 5.41) is 31.1. The molecule has 1 aliphatic heterocycles. The zero-order valence-electron chi connectivity index (χ0n) is 16.7. The fraction of sp³-hybridized carbons (Fsp3) is 0.381. The summed E-state index contributed by atoms with van der Waals surface area (Å²) in [4.78, 5) is 11.8. The van der Waals surface area contributed by atoms with Crippen LogP contribution in [0.3, 0.4) is 0 Å². The summed E-state index contributed by atoms with van der Waals surface area (Å²) in [6.45, 7) is -0.808. The molecule has 2 aromatic rings. The Morgan fingerprint density at radius 3 is 2.44 bits per heavy atom. The van der Waals surface area contributed by atoms with Crippen molar-refractivity contribution < 1.29 is 47.1 Å². The molecule has 1 saturated heterocycles. The number of alkyl halides is 4. The molecule has 0 bridgehead atoms. The standard InChI is InChI=1S/C21H21F4NO6/c1-26-19(30)12-4-2-3-10(7-12)11-5-6-14(13(8-11)21(23,24)25)31-20-16(22)18(29)17(28)15(9-27)32-20/h2-8,15-18,20,27-29H,9H2,1H3,(H,26,30)/t15-,16?,17-,18?,20+/m1/s1. The van der Waals surface area contributed by atoms with Crippen LogP contribution in [0.25, 0.3) is 11.1 Å². The lowest BCUT2D eigenvalue weighted by molar-refractivity contribution is -0.262. The number of aliphatic hydroxyl groups excluding tert-OH is 3. The van der Waals surface area contributed by atoms with Crippen molar-refractivity contribution in [2.24, 2.45) is 0 Å². The van der Waals surface area contributed by atoms with Crippen LogP contribution in [-0.2, 0) is 10.9 Å². The second kappa shape index (κ2) is 9.41. The summed E-state index contributed by atoms with van der Waals surface area (Å²) in [7, 11) is 1.42. The predicted molar refractivity (Wildman–Crippen MR) is 104 cm³/mol. The average Bonchev–Trinajstić information content (AvgIpc) is 2.78. The van der Waals surface area contributed by atoms with Crippen LogP contribution in [0.2, 0.25) is 0 Å². The SMILES string of the molecule is CNC(=O)c1cccc(-c2ccc(O[C@H]3O[C@H](CO)[C@@H](O)C(O)C3F)c(C(F)(F)F)c2)c1. The first-order valence-electron chi connectivity index (χ1n) is 9.53. The van der Waals surface area contributed by atoms with E-state index in [1.54, 1.807) is 0 Å². The van der Waals surface area contributed by atoms with Gasteiger partial charge < -0.3 is 30.1 Å². The maximum atomic E-state index is 14.4. The molecule has 0 aliphatic carbocycles. The van der Waals surface area contributed by atoms with Crippen molar-refractivity contribution in [1.82, 2.24) is 5.32 Å². The summed E-state index contributed by atoms with van der Waals surface area (Å²) in [6, 6.07) is 8.99.